The summed E-state index contributed by atoms with van der Waals surface area (Å²) in [5, 5.41) is 14.7. The first-order valence-corrected chi connectivity index (χ1v) is 17.7. The van der Waals surface area contributed by atoms with Gasteiger partial charge >= 0.3 is 0 Å². The molecule has 9 aromatic rings. The fourth-order valence-corrected chi connectivity index (χ4v) is 8.30. The molecule has 0 spiro atoms. The van der Waals surface area contributed by atoms with Crippen molar-refractivity contribution in [2.75, 3.05) is 0 Å². The van der Waals surface area contributed by atoms with Crippen molar-refractivity contribution in [2.45, 2.75) is 0 Å². The van der Waals surface area contributed by atoms with Crippen molar-refractivity contribution in [1.82, 2.24) is 0 Å². The van der Waals surface area contributed by atoms with E-state index in [0.717, 1.165) is 27.8 Å². The quantitative estimate of drug-likeness (QED) is 0.181. The molecule has 52 heavy (non-hydrogen) atoms. The van der Waals surface area contributed by atoms with Gasteiger partial charge in [0, 0.05) is 0 Å². The molecular formula is C51H31N. The number of nitrogens with zero attached hydrogens (tertiary/aromatic N) is 1. The zero-order valence-corrected chi connectivity index (χ0v) is 28.3. The van der Waals surface area contributed by atoms with Crippen LogP contribution >= 0.6 is 0 Å². The SMILES string of the molecule is N#Cc1cccc(-c2cc3ccccc3cc2-c2cccc(-c3cc(-c4ccccc4)c4c(c3-c3ccccc3)-c3cccc5cccc-4c35)c2)c1. The molecule has 1 heteroatoms. The predicted octanol–water partition coefficient (Wildman–Crippen LogP) is 13.8. The lowest BCUT2D eigenvalue weighted by molar-refractivity contribution is 1.48. The normalized spacial score (nSPS) is 11.4. The second kappa shape index (κ2) is 12.1. The first kappa shape index (κ1) is 29.9. The molecule has 9 aromatic carbocycles. The summed E-state index contributed by atoms with van der Waals surface area (Å²) in [5.41, 5.74) is 17.5. The molecule has 10 rings (SSSR count). The molecule has 0 radical (unpaired) electrons. The molecule has 0 fully saturated rings. The minimum absolute atomic E-state index is 0.653. The first-order chi connectivity index (χ1) is 25.7. The van der Waals surface area contributed by atoms with Gasteiger partial charge < -0.3 is 0 Å². The smallest absolute Gasteiger partial charge is 0.0991 e. The molecule has 0 heterocycles. The number of hydrogen-bond acceptors (Lipinski definition) is 1. The molecule has 0 aromatic heterocycles. The molecular weight excluding hydrogens is 627 g/mol. The molecule has 0 N–H and O–H groups in total. The van der Waals surface area contributed by atoms with E-state index in [2.05, 4.69) is 176 Å². The van der Waals surface area contributed by atoms with E-state index < -0.39 is 0 Å². The Morgan fingerprint density at radius 3 is 1.42 bits per heavy atom. The zero-order chi connectivity index (χ0) is 34.6. The van der Waals surface area contributed by atoms with Crippen molar-refractivity contribution in [1.29, 1.82) is 5.26 Å². The van der Waals surface area contributed by atoms with Gasteiger partial charge in [0.15, 0.2) is 0 Å². The average Bonchev–Trinajstić information content (AvgIpc) is 3.56. The second-order valence-corrected chi connectivity index (χ2v) is 13.6. The van der Waals surface area contributed by atoms with Gasteiger partial charge in [0.2, 0.25) is 0 Å². The van der Waals surface area contributed by atoms with Crippen LogP contribution in [0.3, 0.4) is 0 Å². The molecule has 0 aliphatic heterocycles. The highest BCUT2D eigenvalue weighted by atomic mass is 14.3. The molecule has 0 amide bonds. The highest BCUT2D eigenvalue weighted by molar-refractivity contribution is 6.22. The first-order valence-electron chi connectivity index (χ1n) is 17.7. The van der Waals surface area contributed by atoms with Crippen LogP contribution < -0.4 is 0 Å². The highest BCUT2D eigenvalue weighted by Crippen LogP contribution is 2.57. The van der Waals surface area contributed by atoms with E-state index in [1.165, 1.54) is 71.6 Å². The fraction of sp³-hybridized carbons (Fsp3) is 0. The summed E-state index contributed by atoms with van der Waals surface area (Å²) in [6, 6.07) is 70.0. The van der Waals surface area contributed by atoms with Crippen LogP contribution in [0, 0.1) is 11.3 Å². The molecule has 1 nitrogen and oxygen atoms in total. The van der Waals surface area contributed by atoms with E-state index in [1.807, 2.05) is 18.2 Å². The monoisotopic (exact) mass is 657 g/mol. The van der Waals surface area contributed by atoms with Gasteiger partial charge in [-0.3, -0.25) is 0 Å². The maximum Gasteiger partial charge on any atom is 0.0991 e. The Morgan fingerprint density at radius 1 is 0.288 bits per heavy atom. The molecule has 1 aliphatic rings. The highest BCUT2D eigenvalue weighted by Gasteiger charge is 2.30. The standard InChI is InChI=1S/C51H31N/c52-32-33-13-9-22-39(27-33)44-29-37-18-7-8-19-38(37)30-45(44)40-23-10-24-41(28-40)47-31-46(34-14-3-1-4-15-34)50-42-25-11-20-35-21-12-26-43(48(35)42)51(50)49(47)36-16-5-2-6-17-36/h1-31H. The van der Waals surface area contributed by atoms with Gasteiger partial charge in [-0.2, -0.15) is 5.26 Å². The Morgan fingerprint density at radius 2 is 0.769 bits per heavy atom. The molecule has 240 valence electrons. The van der Waals surface area contributed by atoms with Crippen LogP contribution in [0.25, 0.3) is 99.4 Å². The van der Waals surface area contributed by atoms with Crippen molar-refractivity contribution in [2.24, 2.45) is 0 Å². The van der Waals surface area contributed by atoms with Crippen molar-refractivity contribution in [3.8, 4) is 84.0 Å². The number of nitriles is 1. The lowest BCUT2D eigenvalue weighted by Crippen LogP contribution is -1.95. The lowest BCUT2D eigenvalue weighted by Gasteiger charge is -2.21. The molecule has 1 aliphatic carbocycles. The van der Waals surface area contributed by atoms with Crippen LogP contribution in [0.15, 0.2) is 188 Å². The number of rotatable bonds is 5. The maximum absolute atomic E-state index is 9.78. The van der Waals surface area contributed by atoms with Gasteiger partial charge in [-0.05, 0) is 136 Å². The molecule has 0 saturated carbocycles. The Bertz CT molecular complexity index is 2890. The van der Waals surface area contributed by atoms with Crippen molar-refractivity contribution in [3.63, 3.8) is 0 Å². The van der Waals surface area contributed by atoms with Gasteiger partial charge in [-0.25, -0.2) is 0 Å². The summed E-state index contributed by atoms with van der Waals surface area (Å²) in [4.78, 5) is 0. The predicted molar refractivity (Wildman–Crippen MR) is 218 cm³/mol. The van der Waals surface area contributed by atoms with E-state index in [1.54, 1.807) is 0 Å². The number of fused-ring (bicyclic) bond motifs is 4. The van der Waals surface area contributed by atoms with Gasteiger partial charge in [0.05, 0.1) is 11.6 Å². The Labute approximate surface area is 303 Å². The van der Waals surface area contributed by atoms with Gasteiger partial charge in [0.1, 0.15) is 0 Å². The third kappa shape index (κ3) is 4.78. The van der Waals surface area contributed by atoms with Crippen LogP contribution in [0.4, 0.5) is 0 Å². The number of hydrogen-bond donors (Lipinski definition) is 0. The molecule has 0 atom stereocenters. The third-order valence-corrected chi connectivity index (χ3v) is 10.6. The van der Waals surface area contributed by atoms with E-state index in [0.29, 0.717) is 5.56 Å². The zero-order valence-electron chi connectivity index (χ0n) is 28.3. The summed E-state index contributed by atoms with van der Waals surface area (Å²) in [6.45, 7) is 0. The summed E-state index contributed by atoms with van der Waals surface area (Å²) in [6.07, 6.45) is 0. The van der Waals surface area contributed by atoms with Crippen LogP contribution in [0.1, 0.15) is 5.56 Å². The van der Waals surface area contributed by atoms with Gasteiger partial charge in [-0.1, -0.05) is 152 Å². The summed E-state index contributed by atoms with van der Waals surface area (Å²) in [7, 11) is 0. The van der Waals surface area contributed by atoms with E-state index in [9.17, 15) is 5.26 Å². The second-order valence-electron chi connectivity index (χ2n) is 13.6. The van der Waals surface area contributed by atoms with Gasteiger partial charge in [0.25, 0.3) is 0 Å². The van der Waals surface area contributed by atoms with Crippen molar-refractivity contribution in [3.05, 3.63) is 194 Å². The Kier molecular flexibility index (Phi) is 6.95. The summed E-state index contributed by atoms with van der Waals surface area (Å²) < 4.78 is 0. The molecule has 0 unspecified atom stereocenters. The lowest BCUT2D eigenvalue weighted by atomic mass is 9.81. The van der Waals surface area contributed by atoms with Gasteiger partial charge in [-0.15, -0.1) is 0 Å². The van der Waals surface area contributed by atoms with Crippen LogP contribution in [-0.2, 0) is 0 Å². The molecule has 0 bridgehead atoms. The minimum atomic E-state index is 0.653. The summed E-state index contributed by atoms with van der Waals surface area (Å²) in [5.74, 6) is 0. The minimum Gasteiger partial charge on any atom is -0.192 e. The maximum atomic E-state index is 9.78. The Balaban J connectivity index is 1.28. The fourth-order valence-electron chi connectivity index (χ4n) is 8.30. The molecule has 0 saturated heterocycles. The van der Waals surface area contributed by atoms with E-state index in [4.69, 9.17) is 0 Å². The average molecular weight is 658 g/mol. The van der Waals surface area contributed by atoms with Crippen LogP contribution in [0.5, 0.6) is 0 Å². The third-order valence-electron chi connectivity index (χ3n) is 10.6. The topological polar surface area (TPSA) is 23.8 Å². The van der Waals surface area contributed by atoms with Crippen LogP contribution in [0.2, 0.25) is 0 Å². The summed E-state index contributed by atoms with van der Waals surface area (Å²) >= 11 is 0. The van der Waals surface area contributed by atoms with E-state index >= 15 is 0 Å². The van der Waals surface area contributed by atoms with Crippen molar-refractivity contribution >= 4 is 21.5 Å². The van der Waals surface area contributed by atoms with Crippen LogP contribution in [-0.4, -0.2) is 0 Å². The van der Waals surface area contributed by atoms with Crippen molar-refractivity contribution < 1.29 is 0 Å². The van der Waals surface area contributed by atoms with E-state index in [-0.39, 0.29) is 0 Å². The number of benzene rings is 9. The Hall–Kier alpha value is -7.01. The largest absolute Gasteiger partial charge is 0.192 e.